The fourth-order valence-corrected chi connectivity index (χ4v) is 2.24. The normalized spacial score (nSPS) is 19.4. The number of piperidine rings is 1. The molecule has 2 heterocycles. The van der Waals surface area contributed by atoms with Crippen LogP contribution in [0.2, 0.25) is 0 Å². The van der Waals surface area contributed by atoms with Crippen molar-refractivity contribution < 1.29 is 9.26 Å². The Morgan fingerprint density at radius 3 is 2.94 bits per heavy atom. The summed E-state index contributed by atoms with van der Waals surface area (Å²) in [7, 11) is 1.71. The van der Waals surface area contributed by atoms with Crippen molar-refractivity contribution in [2.24, 2.45) is 5.92 Å². The summed E-state index contributed by atoms with van der Waals surface area (Å²) in [5, 5.41) is 7.44. The van der Waals surface area contributed by atoms with Crippen molar-refractivity contribution in [2.45, 2.75) is 32.1 Å². The third kappa shape index (κ3) is 3.51. The zero-order valence-electron chi connectivity index (χ0n) is 10.6. The summed E-state index contributed by atoms with van der Waals surface area (Å²) < 4.78 is 10.4. The van der Waals surface area contributed by atoms with Crippen molar-refractivity contribution in [1.82, 2.24) is 15.5 Å². The Morgan fingerprint density at radius 2 is 2.24 bits per heavy atom. The molecule has 5 nitrogen and oxygen atoms in total. The molecular formula is C12H21N3O2. The van der Waals surface area contributed by atoms with Crippen LogP contribution in [-0.2, 0) is 11.2 Å². The first-order valence-electron chi connectivity index (χ1n) is 6.31. The molecule has 0 amide bonds. The van der Waals surface area contributed by atoms with Crippen LogP contribution in [0, 0.1) is 5.92 Å². The van der Waals surface area contributed by atoms with E-state index >= 15 is 0 Å². The van der Waals surface area contributed by atoms with Gasteiger partial charge < -0.3 is 14.6 Å². The van der Waals surface area contributed by atoms with E-state index in [2.05, 4.69) is 22.4 Å². The van der Waals surface area contributed by atoms with Gasteiger partial charge in [-0.2, -0.15) is 4.98 Å². The highest BCUT2D eigenvalue weighted by Gasteiger charge is 2.21. The predicted octanol–water partition coefficient (Wildman–Crippen LogP) is 1.36. The van der Waals surface area contributed by atoms with E-state index in [-0.39, 0.29) is 0 Å². The standard InChI is InChI=1S/C12H21N3O2/c1-9(8-16-2)7-11-14-12(15-17-11)10-3-5-13-6-4-10/h9-10,13H,3-8H2,1-2H3. The lowest BCUT2D eigenvalue weighted by molar-refractivity contribution is 0.155. The monoisotopic (exact) mass is 239 g/mol. The summed E-state index contributed by atoms with van der Waals surface area (Å²) in [6.07, 6.45) is 3.00. The molecule has 1 aromatic rings. The maximum absolute atomic E-state index is 5.30. The van der Waals surface area contributed by atoms with Gasteiger partial charge in [0.15, 0.2) is 5.82 Å². The quantitative estimate of drug-likeness (QED) is 0.840. The number of rotatable bonds is 5. The van der Waals surface area contributed by atoms with Gasteiger partial charge >= 0.3 is 0 Å². The first-order chi connectivity index (χ1) is 8.29. The first-order valence-corrected chi connectivity index (χ1v) is 6.31. The minimum Gasteiger partial charge on any atom is -0.384 e. The van der Waals surface area contributed by atoms with Gasteiger partial charge in [0.25, 0.3) is 0 Å². The lowest BCUT2D eigenvalue weighted by Crippen LogP contribution is -2.27. The number of nitrogens with zero attached hydrogens (tertiary/aromatic N) is 2. The second kappa shape index (κ2) is 6.12. The zero-order valence-corrected chi connectivity index (χ0v) is 10.6. The van der Waals surface area contributed by atoms with Crippen LogP contribution in [-0.4, -0.2) is 36.9 Å². The third-order valence-electron chi connectivity index (χ3n) is 3.16. The summed E-state index contributed by atoms with van der Waals surface area (Å²) in [5.41, 5.74) is 0. The van der Waals surface area contributed by atoms with Crippen LogP contribution >= 0.6 is 0 Å². The average molecular weight is 239 g/mol. The van der Waals surface area contributed by atoms with Gasteiger partial charge in [-0.05, 0) is 31.8 Å². The lowest BCUT2D eigenvalue weighted by atomic mass is 9.98. The molecule has 96 valence electrons. The highest BCUT2D eigenvalue weighted by Crippen LogP contribution is 2.22. The molecule has 0 aliphatic carbocycles. The Kier molecular flexibility index (Phi) is 4.50. The van der Waals surface area contributed by atoms with E-state index in [9.17, 15) is 0 Å². The Morgan fingerprint density at radius 1 is 1.47 bits per heavy atom. The van der Waals surface area contributed by atoms with E-state index in [1.165, 1.54) is 0 Å². The van der Waals surface area contributed by atoms with Crippen molar-refractivity contribution in [3.05, 3.63) is 11.7 Å². The first kappa shape index (κ1) is 12.5. The molecule has 0 bridgehead atoms. The van der Waals surface area contributed by atoms with Crippen LogP contribution in [0.5, 0.6) is 0 Å². The molecule has 17 heavy (non-hydrogen) atoms. The molecule has 1 saturated heterocycles. The Labute approximate surface area is 102 Å². The van der Waals surface area contributed by atoms with Gasteiger partial charge in [-0.15, -0.1) is 0 Å². The molecule has 1 atom stereocenters. The van der Waals surface area contributed by atoms with E-state index in [4.69, 9.17) is 9.26 Å². The van der Waals surface area contributed by atoms with Crippen molar-refractivity contribution in [1.29, 1.82) is 0 Å². The molecule has 1 N–H and O–H groups in total. The average Bonchev–Trinajstić information content (AvgIpc) is 2.79. The van der Waals surface area contributed by atoms with Crippen LogP contribution in [0.4, 0.5) is 0 Å². The van der Waals surface area contributed by atoms with E-state index in [0.29, 0.717) is 11.8 Å². The number of ether oxygens (including phenoxy) is 1. The van der Waals surface area contributed by atoms with Crippen molar-refractivity contribution in [3.8, 4) is 0 Å². The van der Waals surface area contributed by atoms with Crippen molar-refractivity contribution >= 4 is 0 Å². The second-order valence-electron chi connectivity index (χ2n) is 4.84. The maximum Gasteiger partial charge on any atom is 0.227 e. The summed E-state index contributed by atoms with van der Waals surface area (Å²) in [6.45, 7) is 4.95. The van der Waals surface area contributed by atoms with Gasteiger partial charge in [-0.25, -0.2) is 0 Å². The van der Waals surface area contributed by atoms with E-state index < -0.39 is 0 Å². The van der Waals surface area contributed by atoms with Crippen LogP contribution in [0.25, 0.3) is 0 Å². The Hall–Kier alpha value is -0.940. The predicted molar refractivity (Wildman–Crippen MR) is 63.9 cm³/mol. The Bertz CT molecular complexity index is 334. The molecule has 5 heteroatoms. The zero-order chi connectivity index (χ0) is 12.1. The number of hydrogen-bond acceptors (Lipinski definition) is 5. The third-order valence-corrected chi connectivity index (χ3v) is 3.16. The summed E-state index contributed by atoms with van der Waals surface area (Å²) in [5.74, 6) is 2.50. The second-order valence-corrected chi connectivity index (χ2v) is 4.84. The van der Waals surface area contributed by atoms with Crippen LogP contribution in [0.1, 0.15) is 37.4 Å². The topological polar surface area (TPSA) is 60.2 Å². The largest absolute Gasteiger partial charge is 0.384 e. The molecule has 0 aromatic carbocycles. The molecule has 1 aliphatic rings. The summed E-state index contributed by atoms with van der Waals surface area (Å²) >= 11 is 0. The van der Waals surface area contributed by atoms with Gasteiger partial charge in [-0.3, -0.25) is 0 Å². The molecule has 2 rings (SSSR count). The molecular weight excluding hydrogens is 218 g/mol. The van der Waals surface area contributed by atoms with Gasteiger partial charge in [0, 0.05) is 26.1 Å². The van der Waals surface area contributed by atoms with Crippen LogP contribution < -0.4 is 5.32 Å². The molecule has 1 aliphatic heterocycles. The number of aromatic nitrogens is 2. The summed E-state index contributed by atoms with van der Waals surface area (Å²) in [4.78, 5) is 4.50. The molecule has 0 spiro atoms. The number of nitrogens with one attached hydrogen (secondary N) is 1. The van der Waals surface area contributed by atoms with Crippen molar-refractivity contribution in [3.63, 3.8) is 0 Å². The lowest BCUT2D eigenvalue weighted by Gasteiger charge is -2.18. The van der Waals surface area contributed by atoms with Gasteiger partial charge in [0.2, 0.25) is 5.89 Å². The minimum absolute atomic E-state index is 0.418. The van der Waals surface area contributed by atoms with E-state index in [1.54, 1.807) is 7.11 Å². The SMILES string of the molecule is COCC(C)Cc1nc(C2CCNCC2)no1. The Balaban J connectivity index is 1.90. The molecule has 0 saturated carbocycles. The van der Waals surface area contributed by atoms with Gasteiger partial charge in [-0.1, -0.05) is 12.1 Å². The van der Waals surface area contributed by atoms with Crippen LogP contribution in [0.3, 0.4) is 0 Å². The fourth-order valence-electron chi connectivity index (χ4n) is 2.24. The highest BCUT2D eigenvalue weighted by molar-refractivity contribution is 4.98. The maximum atomic E-state index is 5.30. The smallest absolute Gasteiger partial charge is 0.227 e. The molecule has 1 unspecified atom stereocenters. The van der Waals surface area contributed by atoms with Crippen molar-refractivity contribution in [2.75, 3.05) is 26.8 Å². The minimum atomic E-state index is 0.418. The highest BCUT2D eigenvalue weighted by atomic mass is 16.5. The fraction of sp³-hybridized carbons (Fsp3) is 0.833. The van der Waals surface area contributed by atoms with E-state index in [1.807, 2.05) is 0 Å². The number of hydrogen-bond donors (Lipinski definition) is 1. The van der Waals surface area contributed by atoms with Gasteiger partial charge in [0.1, 0.15) is 0 Å². The van der Waals surface area contributed by atoms with Gasteiger partial charge in [0.05, 0.1) is 0 Å². The van der Waals surface area contributed by atoms with Crippen LogP contribution in [0.15, 0.2) is 4.52 Å². The molecule has 1 fully saturated rings. The number of methoxy groups -OCH3 is 1. The molecule has 0 radical (unpaired) electrons. The molecule has 1 aromatic heterocycles. The summed E-state index contributed by atoms with van der Waals surface area (Å²) in [6, 6.07) is 0. The van der Waals surface area contributed by atoms with E-state index in [0.717, 1.165) is 50.7 Å².